The van der Waals surface area contributed by atoms with Gasteiger partial charge in [-0.25, -0.2) is 0 Å². The van der Waals surface area contributed by atoms with Gasteiger partial charge in [0.15, 0.2) is 0 Å². The number of amides is 2. The van der Waals surface area contributed by atoms with E-state index >= 15 is 0 Å². The highest BCUT2D eigenvalue weighted by atomic mass is 16.2. The zero-order valence-electron chi connectivity index (χ0n) is 13.8. The Labute approximate surface area is 128 Å². The van der Waals surface area contributed by atoms with Crippen molar-refractivity contribution in [2.45, 2.75) is 52.9 Å². The molecule has 0 aromatic rings. The first-order chi connectivity index (χ1) is 10.00. The van der Waals surface area contributed by atoms with Crippen LogP contribution < -0.4 is 16.0 Å². The van der Waals surface area contributed by atoms with Gasteiger partial charge < -0.3 is 16.0 Å². The van der Waals surface area contributed by atoms with Crippen LogP contribution in [0.3, 0.4) is 0 Å². The standard InChI is InChI=1S/C16H31N3O2/c1-4-7-16(8-5-9-17-12-16)15(21)18-10-6-14(20)19-11-13(2)3/h13,17H,4-12H2,1-3H3,(H,18,21)(H,19,20). The summed E-state index contributed by atoms with van der Waals surface area (Å²) in [6.45, 7) is 9.11. The summed E-state index contributed by atoms with van der Waals surface area (Å²) in [4.78, 5) is 24.1. The van der Waals surface area contributed by atoms with E-state index in [0.717, 1.165) is 38.8 Å². The molecule has 1 rings (SSSR count). The molecule has 0 spiro atoms. The number of rotatable bonds is 8. The fraction of sp³-hybridized carbons (Fsp3) is 0.875. The molecule has 0 saturated carbocycles. The molecule has 5 heteroatoms. The van der Waals surface area contributed by atoms with Gasteiger partial charge in [-0.05, 0) is 31.7 Å². The lowest BCUT2D eigenvalue weighted by Crippen LogP contribution is -2.51. The van der Waals surface area contributed by atoms with E-state index < -0.39 is 0 Å². The Morgan fingerprint density at radius 2 is 2.05 bits per heavy atom. The lowest BCUT2D eigenvalue weighted by Gasteiger charge is -2.36. The molecule has 122 valence electrons. The largest absolute Gasteiger partial charge is 0.356 e. The maximum Gasteiger partial charge on any atom is 0.227 e. The van der Waals surface area contributed by atoms with Gasteiger partial charge in [-0.2, -0.15) is 0 Å². The van der Waals surface area contributed by atoms with E-state index in [9.17, 15) is 9.59 Å². The molecule has 0 aliphatic carbocycles. The predicted molar refractivity (Wildman–Crippen MR) is 84.9 cm³/mol. The predicted octanol–water partition coefficient (Wildman–Crippen LogP) is 1.43. The van der Waals surface area contributed by atoms with Crippen molar-refractivity contribution in [3.05, 3.63) is 0 Å². The van der Waals surface area contributed by atoms with Gasteiger partial charge in [-0.1, -0.05) is 27.2 Å². The van der Waals surface area contributed by atoms with Crippen molar-refractivity contribution in [2.24, 2.45) is 11.3 Å². The van der Waals surface area contributed by atoms with Crippen LogP contribution in [0.5, 0.6) is 0 Å². The molecule has 1 aliphatic heterocycles. The molecule has 1 fully saturated rings. The molecule has 0 radical (unpaired) electrons. The number of carbonyl (C=O) groups is 2. The molecule has 3 N–H and O–H groups in total. The van der Waals surface area contributed by atoms with E-state index in [4.69, 9.17) is 0 Å². The molecule has 1 aliphatic rings. The Bertz CT molecular complexity index is 331. The van der Waals surface area contributed by atoms with Gasteiger partial charge in [0.1, 0.15) is 0 Å². The Balaban J connectivity index is 2.35. The summed E-state index contributed by atoms with van der Waals surface area (Å²) in [5.74, 6) is 0.563. The van der Waals surface area contributed by atoms with Gasteiger partial charge in [-0.3, -0.25) is 9.59 Å². The third kappa shape index (κ3) is 6.04. The molecule has 0 aromatic carbocycles. The third-order valence-corrected chi connectivity index (χ3v) is 4.03. The molecule has 0 aromatic heterocycles. The molecule has 5 nitrogen and oxygen atoms in total. The molecule has 1 saturated heterocycles. The van der Waals surface area contributed by atoms with E-state index in [1.165, 1.54) is 0 Å². The average molecular weight is 297 g/mol. The van der Waals surface area contributed by atoms with E-state index in [1.54, 1.807) is 0 Å². The smallest absolute Gasteiger partial charge is 0.227 e. The van der Waals surface area contributed by atoms with Crippen LogP contribution in [-0.2, 0) is 9.59 Å². The van der Waals surface area contributed by atoms with Crippen LogP contribution in [0.15, 0.2) is 0 Å². The second-order valence-corrected chi connectivity index (χ2v) is 6.51. The van der Waals surface area contributed by atoms with E-state index in [0.29, 0.717) is 25.4 Å². The normalized spacial score (nSPS) is 22.1. The minimum absolute atomic E-state index is 0.00955. The maximum atomic E-state index is 12.5. The minimum atomic E-state index is -0.276. The second kappa shape index (κ2) is 9.03. The minimum Gasteiger partial charge on any atom is -0.356 e. The van der Waals surface area contributed by atoms with Crippen LogP contribution in [0.4, 0.5) is 0 Å². The number of hydrogen-bond acceptors (Lipinski definition) is 3. The van der Waals surface area contributed by atoms with Crippen molar-refractivity contribution < 1.29 is 9.59 Å². The van der Waals surface area contributed by atoms with Gasteiger partial charge in [-0.15, -0.1) is 0 Å². The van der Waals surface area contributed by atoms with Crippen LogP contribution >= 0.6 is 0 Å². The molecule has 21 heavy (non-hydrogen) atoms. The van der Waals surface area contributed by atoms with E-state index in [1.807, 2.05) is 0 Å². The monoisotopic (exact) mass is 297 g/mol. The molecular formula is C16H31N3O2. The van der Waals surface area contributed by atoms with Crippen molar-refractivity contribution in [3.63, 3.8) is 0 Å². The van der Waals surface area contributed by atoms with Gasteiger partial charge in [0.2, 0.25) is 11.8 Å². The molecule has 2 amide bonds. The fourth-order valence-corrected chi connectivity index (χ4v) is 2.85. The van der Waals surface area contributed by atoms with Crippen LogP contribution in [0.1, 0.15) is 52.9 Å². The maximum absolute atomic E-state index is 12.5. The number of nitrogens with one attached hydrogen (secondary N) is 3. The molecule has 1 atom stereocenters. The zero-order chi connectivity index (χ0) is 15.7. The van der Waals surface area contributed by atoms with Crippen molar-refractivity contribution >= 4 is 11.8 Å². The molecule has 1 unspecified atom stereocenters. The van der Waals surface area contributed by atoms with Gasteiger partial charge in [0.05, 0.1) is 5.41 Å². The number of piperidine rings is 1. The summed E-state index contributed by atoms with van der Waals surface area (Å²) in [7, 11) is 0. The quantitative estimate of drug-likeness (QED) is 0.635. The summed E-state index contributed by atoms with van der Waals surface area (Å²) in [5.41, 5.74) is -0.276. The summed E-state index contributed by atoms with van der Waals surface area (Å²) in [6, 6.07) is 0. The van der Waals surface area contributed by atoms with Crippen LogP contribution in [-0.4, -0.2) is 38.0 Å². The first kappa shape index (κ1) is 18.0. The van der Waals surface area contributed by atoms with E-state index in [2.05, 4.69) is 36.7 Å². The molecule has 0 bridgehead atoms. The highest BCUT2D eigenvalue weighted by Gasteiger charge is 2.38. The average Bonchev–Trinajstić information content (AvgIpc) is 2.46. The Kier molecular flexibility index (Phi) is 7.72. The van der Waals surface area contributed by atoms with Crippen molar-refractivity contribution in [1.82, 2.24) is 16.0 Å². The van der Waals surface area contributed by atoms with Gasteiger partial charge in [0.25, 0.3) is 0 Å². The summed E-state index contributed by atoms with van der Waals surface area (Å²) in [6.07, 6.45) is 4.25. The van der Waals surface area contributed by atoms with Crippen LogP contribution in [0.25, 0.3) is 0 Å². The highest BCUT2D eigenvalue weighted by Crippen LogP contribution is 2.31. The number of hydrogen-bond donors (Lipinski definition) is 3. The van der Waals surface area contributed by atoms with Crippen molar-refractivity contribution in [3.8, 4) is 0 Å². The van der Waals surface area contributed by atoms with Gasteiger partial charge in [0, 0.05) is 26.1 Å². The Hall–Kier alpha value is -1.10. The highest BCUT2D eigenvalue weighted by molar-refractivity contribution is 5.84. The topological polar surface area (TPSA) is 70.2 Å². The van der Waals surface area contributed by atoms with Crippen molar-refractivity contribution in [1.29, 1.82) is 0 Å². The van der Waals surface area contributed by atoms with Crippen LogP contribution in [0, 0.1) is 11.3 Å². The first-order valence-corrected chi connectivity index (χ1v) is 8.26. The Morgan fingerprint density at radius 3 is 2.62 bits per heavy atom. The van der Waals surface area contributed by atoms with Crippen molar-refractivity contribution in [2.75, 3.05) is 26.2 Å². The SMILES string of the molecule is CCCC1(C(=O)NCCC(=O)NCC(C)C)CCCNC1. The zero-order valence-corrected chi connectivity index (χ0v) is 13.8. The lowest BCUT2D eigenvalue weighted by molar-refractivity contribution is -0.132. The van der Waals surface area contributed by atoms with Crippen LogP contribution in [0.2, 0.25) is 0 Å². The van der Waals surface area contributed by atoms with E-state index in [-0.39, 0.29) is 17.2 Å². The van der Waals surface area contributed by atoms with Gasteiger partial charge >= 0.3 is 0 Å². The Morgan fingerprint density at radius 1 is 1.29 bits per heavy atom. The third-order valence-electron chi connectivity index (χ3n) is 4.03. The molecular weight excluding hydrogens is 266 g/mol. The summed E-state index contributed by atoms with van der Waals surface area (Å²) < 4.78 is 0. The first-order valence-electron chi connectivity index (χ1n) is 8.26. The summed E-state index contributed by atoms with van der Waals surface area (Å²) >= 11 is 0. The molecule has 1 heterocycles. The lowest BCUT2D eigenvalue weighted by atomic mass is 9.76. The number of carbonyl (C=O) groups excluding carboxylic acids is 2. The second-order valence-electron chi connectivity index (χ2n) is 6.51. The summed E-state index contributed by atoms with van der Waals surface area (Å²) in [5, 5.41) is 9.16. The fourth-order valence-electron chi connectivity index (χ4n) is 2.85.